The zero-order valence-corrected chi connectivity index (χ0v) is 28.9. The van der Waals surface area contributed by atoms with Gasteiger partial charge in [-0.1, -0.05) is 115 Å². The van der Waals surface area contributed by atoms with Crippen molar-refractivity contribution >= 4 is 23.7 Å². The maximum Gasteiger partial charge on any atom is 0.0599 e. The minimum atomic E-state index is -0.252. The normalized spacial score (nSPS) is 24.2. The summed E-state index contributed by atoms with van der Waals surface area (Å²) < 4.78 is 0. The Hall–Kier alpha value is -4.90. The van der Waals surface area contributed by atoms with E-state index in [1.165, 1.54) is 40.9 Å². The van der Waals surface area contributed by atoms with Crippen molar-refractivity contribution < 1.29 is 0 Å². The number of thioether (sulfide) groups is 1. The van der Waals surface area contributed by atoms with E-state index in [2.05, 4.69) is 155 Å². The van der Waals surface area contributed by atoms with Crippen LogP contribution in [0.15, 0.2) is 179 Å². The molecular formula is C46H41N3S. The molecule has 0 radical (unpaired) electrons. The molecule has 2 aliphatic heterocycles. The topological polar surface area (TPSA) is 41.6 Å². The van der Waals surface area contributed by atoms with Crippen LogP contribution < -0.4 is 10.6 Å². The molecule has 4 heteroatoms. The Balaban J connectivity index is 0.902. The molecular weight excluding hydrogens is 627 g/mol. The van der Waals surface area contributed by atoms with Crippen molar-refractivity contribution in [2.75, 3.05) is 4.90 Å². The fraction of sp³-hybridized carbons (Fsp3) is 0.196. The van der Waals surface area contributed by atoms with E-state index in [0.717, 1.165) is 29.5 Å². The molecule has 2 heterocycles. The van der Waals surface area contributed by atoms with Crippen molar-refractivity contribution in [2.45, 2.75) is 43.0 Å². The minimum Gasteiger partial charge on any atom is -0.334 e. The van der Waals surface area contributed by atoms with Gasteiger partial charge in [-0.2, -0.15) is 0 Å². The lowest BCUT2D eigenvalue weighted by Gasteiger charge is -2.37. The number of fused-ring (bicyclic) bond motifs is 5. The van der Waals surface area contributed by atoms with Gasteiger partial charge >= 0.3 is 0 Å². The van der Waals surface area contributed by atoms with E-state index in [1.54, 1.807) is 16.1 Å². The van der Waals surface area contributed by atoms with E-state index >= 15 is 0 Å². The first-order chi connectivity index (χ1) is 24.7. The van der Waals surface area contributed by atoms with E-state index in [-0.39, 0.29) is 6.04 Å². The van der Waals surface area contributed by atoms with Crippen molar-refractivity contribution in [1.82, 2.24) is 0 Å². The summed E-state index contributed by atoms with van der Waals surface area (Å²) in [4.78, 5) is 8.91. The van der Waals surface area contributed by atoms with Crippen LogP contribution in [-0.4, -0.2) is 17.5 Å². The van der Waals surface area contributed by atoms with Crippen LogP contribution in [0.25, 0.3) is 22.3 Å². The highest BCUT2D eigenvalue weighted by molar-refractivity contribution is 8.04. The predicted octanol–water partition coefficient (Wildman–Crippen LogP) is 11.0. The molecule has 0 amide bonds. The zero-order valence-electron chi connectivity index (χ0n) is 28.1. The van der Waals surface area contributed by atoms with E-state index in [1.807, 2.05) is 24.6 Å². The van der Waals surface area contributed by atoms with E-state index in [9.17, 15) is 0 Å². The van der Waals surface area contributed by atoms with Crippen LogP contribution in [0, 0.1) is 11.8 Å². The summed E-state index contributed by atoms with van der Waals surface area (Å²) >= 11 is 2.18. The van der Waals surface area contributed by atoms with Gasteiger partial charge in [-0.3, -0.25) is 4.99 Å². The Morgan fingerprint density at radius 2 is 1.52 bits per heavy atom. The van der Waals surface area contributed by atoms with Crippen LogP contribution in [0.4, 0.5) is 5.69 Å². The average molecular weight is 668 g/mol. The Bertz CT molecular complexity index is 2130. The molecule has 3 aliphatic carbocycles. The standard InChI is InChI=1S/C46H41N3S/c47-41(36-14-9-13-35(29-36)34-22-20-33(21-23-34)32-11-2-1-3-12-32)26-27-48-30-31-10-8-15-37(28-31)49-42-18-6-4-17-40(42)45-43(49)25-24-39-38-16-5-7-19-44(38)50-46(39)45/h1-3,5-6,8-16,18,20-30,39,41,43,45-46H,4,7,17,19,47H2/b27-26-,48-30+. The Labute approximate surface area is 300 Å². The van der Waals surface area contributed by atoms with Crippen molar-refractivity contribution in [2.24, 2.45) is 22.6 Å². The van der Waals surface area contributed by atoms with Gasteiger partial charge in [0.25, 0.3) is 0 Å². The Morgan fingerprint density at radius 1 is 0.760 bits per heavy atom. The van der Waals surface area contributed by atoms with E-state index in [0.29, 0.717) is 23.1 Å². The average Bonchev–Trinajstić information content (AvgIpc) is 3.73. The van der Waals surface area contributed by atoms with Gasteiger partial charge in [0.05, 0.1) is 6.04 Å². The van der Waals surface area contributed by atoms with Gasteiger partial charge in [0.15, 0.2) is 0 Å². The highest BCUT2D eigenvalue weighted by Gasteiger charge is 2.50. The number of benzene rings is 4. The Morgan fingerprint density at radius 3 is 2.40 bits per heavy atom. The molecule has 4 aromatic rings. The van der Waals surface area contributed by atoms with Gasteiger partial charge < -0.3 is 10.6 Å². The minimum absolute atomic E-state index is 0.252. The van der Waals surface area contributed by atoms with Crippen molar-refractivity contribution in [3.8, 4) is 22.3 Å². The monoisotopic (exact) mass is 667 g/mol. The van der Waals surface area contributed by atoms with Gasteiger partial charge in [-0.25, -0.2) is 0 Å². The molecule has 5 aliphatic rings. The van der Waals surface area contributed by atoms with Crippen LogP contribution in [0.5, 0.6) is 0 Å². The van der Waals surface area contributed by atoms with Crippen LogP contribution >= 0.6 is 11.8 Å². The lowest BCUT2D eigenvalue weighted by atomic mass is 9.75. The summed E-state index contributed by atoms with van der Waals surface area (Å²) in [7, 11) is 0. The third-order valence-corrected chi connectivity index (χ3v) is 12.5. The summed E-state index contributed by atoms with van der Waals surface area (Å²) in [5.41, 5.74) is 19.4. The van der Waals surface area contributed by atoms with Crippen molar-refractivity contribution in [3.05, 3.63) is 185 Å². The second kappa shape index (κ2) is 13.4. The molecule has 246 valence electrons. The molecule has 3 nitrogen and oxygen atoms in total. The second-order valence-corrected chi connectivity index (χ2v) is 15.1. The molecule has 50 heavy (non-hydrogen) atoms. The summed E-state index contributed by atoms with van der Waals surface area (Å²) in [6, 6.07) is 36.6. The number of nitrogens with two attached hydrogens (primary N) is 1. The largest absolute Gasteiger partial charge is 0.334 e. The van der Waals surface area contributed by atoms with Gasteiger partial charge in [-0.05, 0) is 105 Å². The number of anilines is 1. The molecule has 0 spiro atoms. The lowest BCUT2D eigenvalue weighted by molar-refractivity contribution is 0.469. The van der Waals surface area contributed by atoms with Crippen LogP contribution in [0.3, 0.4) is 0 Å². The van der Waals surface area contributed by atoms with Gasteiger partial charge in [0.2, 0.25) is 0 Å². The molecule has 2 N–H and O–H groups in total. The third kappa shape index (κ3) is 5.77. The summed E-state index contributed by atoms with van der Waals surface area (Å²) in [5.74, 6) is 1.08. The van der Waals surface area contributed by atoms with Crippen LogP contribution in [0.1, 0.15) is 42.9 Å². The molecule has 5 atom stereocenters. The molecule has 5 unspecified atom stereocenters. The number of rotatable bonds is 7. The molecule has 0 bridgehead atoms. The first kappa shape index (κ1) is 31.1. The molecule has 0 saturated heterocycles. The Kier molecular flexibility index (Phi) is 8.36. The smallest absolute Gasteiger partial charge is 0.0599 e. The first-order valence-electron chi connectivity index (χ1n) is 18.0. The molecule has 9 rings (SSSR count). The van der Waals surface area contributed by atoms with Crippen LogP contribution in [-0.2, 0) is 0 Å². The zero-order chi connectivity index (χ0) is 33.4. The van der Waals surface area contributed by atoms with Gasteiger partial charge in [0, 0.05) is 46.9 Å². The first-order valence-corrected chi connectivity index (χ1v) is 18.8. The number of nitrogens with zero attached hydrogens (tertiary/aromatic N) is 2. The van der Waals surface area contributed by atoms with Crippen molar-refractivity contribution in [1.29, 1.82) is 0 Å². The fourth-order valence-corrected chi connectivity index (χ4v) is 10.2. The molecule has 0 saturated carbocycles. The van der Waals surface area contributed by atoms with E-state index < -0.39 is 0 Å². The van der Waals surface area contributed by atoms with E-state index in [4.69, 9.17) is 5.73 Å². The number of aliphatic imine (C=N–C) groups is 1. The SMILES string of the molecule is NC(/C=C\N=C\c1cccc(N2C3=C(CCC=C3)C3C4SC5=C(C=CCC5)C4C=CC32)c1)c1cccc(-c2ccc(-c3ccccc3)cc2)c1. The quantitative estimate of drug-likeness (QED) is 0.158. The fourth-order valence-electron chi connectivity index (χ4n) is 8.47. The van der Waals surface area contributed by atoms with Gasteiger partial charge in [-0.15, -0.1) is 11.8 Å². The maximum atomic E-state index is 6.63. The number of hydrogen-bond donors (Lipinski definition) is 1. The highest BCUT2D eigenvalue weighted by Crippen LogP contribution is 2.58. The maximum absolute atomic E-state index is 6.63. The molecule has 0 aromatic heterocycles. The summed E-state index contributed by atoms with van der Waals surface area (Å²) in [6.07, 6.45) is 25.0. The van der Waals surface area contributed by atoms with Crippen LogP contribution in [0.2, 0.25) is 0 Å². The second-order valence-electron chi connectivity index (χ2n) is 13.9. The summed E-state index contributed by atoms with van der Waals surface area (Å²) in [5, 5.41) is 0.597. The van der Waals surface area contributed by atoms with Crippen molar-refractivity contribution in [3.63, 3.8) is 0 Å². The molecule has 4 aromatic carbocycles. The lowest BCUT2D eigenvalue weighted by Crippen LogP contribution is -2.41. The third-order valence-electron chi connectivity index (χ3n) is 10.9. The number of hydrogen-bond acceptors (Lipinski definition) is 4. The summed E-state index contributed by atoms with van der Waals surface area (Å²) in [6.45, 7) is 0. The number of allylic oxidation sites excluding steroid dienone is 7. The molecule has 0 fully saturated rings. The van der Waals surface area contributed by atoms with Gasteiger partial charge in [0.1, 0.15) is 0 Å². The highest BCUT2D eigenvalue weighted by atomic mass is 32.2. The predicted molar refractivity (Wildman–Crippen MR) is 212 cm³/mol.